The monoisotopic (exact) mass is 276 g/mol. The first-order valence-electron chi connectivity index (χ1n) is 7.23. The van der Waals surface area contributed by atoms with Crippen LogP contribution in [0.4, 0.5) is 4.39 Å². The van der Waals surface area contributed by atoms with Gasteiger partial charge in [-0.2, -0.15) is 0 Å². The third-order valence-electron chi connectivity index (χ3n) is 3.76. The van der Waals surface area contributed by atoms with Crippen molar-refractivity contribution in [1.29, 1.82) is 0 Å². The lowest BCUT2D eigenvalue weighted by Crippen LogP contribution is -1.93. The lowest BCUT2D eigenvalue weighted by molar-refractivity contribution is 0.616. The fourth-order valence-corrected chi connectivity index (χ4v) is 2.65. The molecule has 0 aliphatic rings. The Morgan fingerprint density at radius 2 is 1.29 bits per heavy atom. The largest absolute Gasteiger partial charge is 0.206 e. The summed E-state index contributed by atoms with van der Waals surface area (Å²) in [5.74, 6) is -0.108. The highest BCUT2D eigenvalue weighted by molar-refractivity contribution is 5.83. The van der Waals surface area contributed by atoms with Crippen LogP contribution in [0.2, 0.25) is 0 Å². The first-order valence-corrected chi connectivity index (χ1v) is 7.23. The maximum absolute atomic E-state index is 14.7. The van der Waals surface area contributed by atoms with Crippen molar-refractivity contribution in [1.82, 2.24) is 0 Å². The Morgan fingerprint density at radius 1 is 0.667 bits per heavy atom. The Morgan fingerprint density at radius 3 is 2.00 bits per heavy atom. The maximum atomic E-state index is 14.7. The molecule has 3 rings (SSSR count). The molecule has 3 aromatic rings. The average Bonchev–Trinajstić information content (AvgIpc) is 2.56. The van der Waals surface area contributed by atoms with E-state index in [1.165, 1.54) is 0 Å². The molecule has 0 saturated heterocycles. The minimum Gasteiger partial charge on any atom is -0.206 e. The van der Waals surface area contributed by atoms with Crippen LogP contribution in [0.15, 0.2) is 72.8 Å². The van der Waals surface area contributed by atoms with Crippen molar-refractivity contribution in [3.8, 4) is 22.3 Å². The van der Waals surface area contributed by atoms with Crippen LogP contribution in [0.1, 0.15) is 12.5 Å². The lowest BCUT2D eigenvalue weighted by Gasteiger charge is -2.12. The van der Waals surface area contributed by atoms with Gasteiger partial charge in [0.05, 0.1) is 0 Å². The normalized spacial score (nSPS) is 10.6. The fraction of sp³-hybridized carbons (Fsp3) is 0.100. The van der Waals surface area contributed by atoms with Crippen LogP contribution >= 0.6 is 0 Å². The van der Waals surface area contributed by atoms with E-state index in [9.17, 15) is 4.39 Å². The number of benzene rings is 3. The Labute approximate surface area is 124 Å². The standard InChI is InChI=1S/C20H17F/c1-2-15-11-8-14-19(20(15)21)18-13-7-6-12-17(18)16-9-4-3-5-10-16/h3-14H,2H2,1H3. The molecule has 0 nitrogen and oxygen atoms in total. The molecular weight excluding hydrogens is 259 g/mol. The van der Waals surface area contributed by atoms with E-state index in [0.29, 0.717) is 12.0 Å². The van der Waals surface area contributed by atoms with E-state index in [4.69, 9.17) is 0 Å². The first kappa shape index (κ1) is 13.6. The Kier molecular flexibility index (Phi) is 3.83. The molecule has 0 radical (unpaired) electrons. The zero-order valence-electron chi connectivity index (χ0n) is 12.0. The van der Waals surface area contributed by atoms with E-state index in [1.54, 1.807) is 0 Å². The van der Waals surface area contributed by atoms with Crippen LogP contribution in [0.25, 0.3) is 22.3 Å². The topological polar surface area (TPSA) is 0 Å². The van der Waals surface area contributed by atoms with Crippen LogP contribution in [0.3, 0.4) is 0 Å². The van der Waals surface area contributed by atoms with Crippen molar-refractivity contribution < 1.29 is 4.39 Å². The van der Waals surface area contributed by atoms with Gasteiger partial charge in [-0.25, -0.2) is 4.39 Å². The summed E-state index contributed by atoms with van der Waals surface area (Å²) in [7, 11) is 0. The molecule has 0 aromatic heterocycles. The van der Waals surface area contributed by atoms with Gasteiger partial charge in [0.1, 0.15) is 5.82 Å². The highest BCUT2D eigenvalue weighted by Gasteiger charge is 2.12. The molecule has 1 heteroatoms. The quantitative estimate of drug-likeness (QED) is 0.573. The summed E-state index contributed by atoms with van der Waals surface area (Å²) in [6, 6.07) is 23.7. The third-order valence-corrected chi connectivity index (χ3v) is 3.76. The second-order valence-electron chi connectivity index (χ2n) is 5.04. The molecule has 0 bridgehead atoms. The Bertz CT molecular complexity index is 745. The summed E-state index contributed by atoms with van der Waals surface area (Å²) < 4.78 is 14.7. The first-order chi connectivity index (χ1) is 10.3. The molecule has 0 fully saturated rings. The number of hydrogen-bond donors (Lipinski definition) is 0. The van der Waals surface area contributed by atoms with Crippen molar-refractivity contribution in [2.45, 2.75) is 13.3 Å². The molecule has 0 aliphatic carbocycles. The number of hydrogen-bond acceptors (Lipinski definition) is 0. The van der Waals surface area contributed by atoms with E-state index in [-0.39, 0.29) is 5.82 Å². The molecule has 0 aliphatic heterocycles. The highest BCUT2D eigenvalue weighted by Crippen LogP contribution is 2.34. The van der Waals surface area contributed by atoms with E-state index >= 15 is 0 Å². The number of halogens is 1. The van der Waals surface area contributed by atoms with Crippen LogP contribution in [-0.2, 0) is 6.42 Å². The van der Waals surface area contributed by atoms with Gasteiger partial charge in [-0.15, -0.1) is 0 Å². The minimum absolute atomic E-state index is 0.108. The summed E-state index contributed by atoms with van der Waals surface area (Å²) in [5.41, 5.74) is 4.54. The van der Waals surface area contributed by atoms with E-state index in [0.717, 1.165) is 22.3 Å². The highest BCUT2D eigenvalue weighted by atomic mass is 19.1. The smallest absolute Gasteiger partial charge is 0.134 e. The number of rotatable bonds is 3. The minimum atomic E-state index is -0.108. The van der Waals surface area contributed by atoms with Crippen molar-refractivity contribution in [3.63, 3.8) is 0 Å². The molecule has 104 valence electrons. The molecular formula is C20H17F. The van der Waals surface area contributed by atoms with Crippen LogP contribution < -0.4 is 0 Å². The summed E-state index contributed by atoms with van der Waals surface area (Å²) in [6.45, 7) is 1.98. The molecule has 0 N–H and O–H groups in total. The zero-order valence-corrected chi connectivity index (χ0v) is 12.0. The third kappa shape index (κ3) is 2.59. The molecule has 0 saturated carbocycles. The molecule has 0 unspecified atom stereocenters. The van der Waals surface area contributed by atoms with Gasteiger partial charge in [0, 0.05) is 5.56 Å². The van der Waals surface area contributed by atoms with Gasteiger partial charge in [-0.3, -0.25) is 0 Å². The predicted molar refractivity (Wildman–Crippen MR) is 86.7 cm³/mol. The zero-order chi connectivity index (χ0) is 14.7. The van der Waals surface area contributed by atoms with Crippen molar-refractivity contribution in [3.05, 3.63) is 84.2 Å². The summed E-state index contributed by atoms with van der Waals surface area (Å²) >= 11 is 0. The molecule has 0 amide bonds. The van der Waals surface area contributed by atoms with E-state index < -0.39 is 0 Å². The lowest BCUT2D eigenvalue weighted by atomic mass is 9.93. The van der Waals surface area contributed by atoms with Gasteiger partial charge in [0.25, 0.3) is 0 Å². The van der Waals surface area contributed by atoms with Crippen LogP contribution in [0, 0.1) is 5.82 Å². The second kappa shape index (κ2) is 5.92. The molecule has 0 atom stereocenters. The van der Waals surface area contributed by atoms with E-state index in [1.807, 2.05) is 67.6 Å². The molecule has 3 aromatic carbocycles. The SMILES string of the molecule is CCc1cccc(-c2ccccc2-c2ccccc2)c1F. The molecule has 0 heterocycles. The Hall–Kier alpha value is -2.41. The van der Waals surface area contributed by atoms with Crippen molar-refractivity contribution in [2.24, 2.45) is 0 Å². The van der Waals surface area contributed by atoms with Gasteiger partial charge in [0.2, 0.25) is 0 Å². The van der Waals surface area contributed by atoms with Crippen molar-refractivity contribution in [2.75, 3.05) is 0 Å². The van der Waals surface area contributed by atoms with Crippen molar-refractivity contribution >= 4 is 0 Å². The van der Waals surface area contributed by atoms with Gasteiger partial charge in [-0.05, 0) is 28.7 Å². The predicted octanol–water partition coefficient (Wildman–Crippen LogP) is 5.72. The van der Waals surface area contributed by atoms with Gasteiger partial charge in [-0.1, -0.05) is 79.7 Å². The van der Waals surface area contributed by atoms with Crippen LogP contribution in [-0.4, -0.2) is 0 Å². The van der Waals surface area contributed by atoms with Crippen LogP contribution in [0.5, 0.6) is 0 Å². The van der Waals surface area contributed by atoms with Gasteiger partial charge >= 0.3 is 0 Å². The summed E-state index contributed by atoms with van der Waals surface area (Å²) in [5, 5.41) is 0. The van der Waals surface area contributed by atoms with Gasteiger partial charge < -0.3 is 0 Å². The second-order valence-corrected chi connectivity index (χ2v) is 5.04. The number of aryl methyl sites for hydroxylation is 1. The Balaban J connectivity index is 2.21. The average molecular weight is 276 g/mol. The van der Waals surface area contributed by atoms with E-state index in [2.05, 4.69) is 12.1 Å². The summed E-state index contributed by atoms with van der Waals surface area (Å²) in [6.07, 6.45) is 0.702. The summed E-state index contributed by atoms with van der Waals surface area (Å²) in [4.78, 5) is 0. The molecule has 21 heavy (non-hydrogen) atoms. The maximum Gasteiger partial charge on any atom is 0.134 e. The molecule has 0 spiro atoms. The fourth-order valence-electron chi connectivity index (χ4n) is 2.65. The van der Waals surface area contributed by atoms with Gasteiger partial charge in [0.15, 0.2) is 0 Å².